The van der Waals surface area contributed by atoms with Crippen molar-refractivity contribution in [3.63, 3.8) is 0 Å². The van der Waals surface area contributed by atoms with E-state index in [-0.39, 0.29) is 5.56 Å². The second kappa shape index (κ2) is 5.92. The van der Waals surface area contributed by atoms with Crippen LogP contribution in [0.25, 0.3) is 10.9 Å². The monoisotopic (exact) mass is 290 g/mol. The van der Waals surface area contributed by atoms with E-state index in [1.54, 1.807) is 4.57 Å². The maximum absolute atomic E-state index is 12.6. The highest BCUT2D eigenvalue weighted by atomic mass is 32.1. The lowest BCUT2D eigenvalue weighted by molar-refractivity contribution is 0.248. The average Bonchev–Trinajstić information content (AvgIpc) is 2.37. The molecule has 20 heavy (non-hydrogen) atoms. The van der Waals surface area contributed by atoms with E-state index in [2.05, 4.69) is 32.7 Å². The lowest BCUT2D eigenvalue weighted by Gasteiger charge is -2.25. The molecule has 0 aliphatic rings. The normalized spacial score (nSPS) is 11.9. The van der Waals surface area contributed by atoms with Crippen molar-refractivity contribution in [1.82, 2.24) is 9.55 Å². The van der Waals surface area contributed by atoms with E-state index in [4.69, 9.17) is 12.2 Å². The van der Waals surface area contributed by atoms with Crippen molar-refractivity contribution in [3.8, 4) is 0 Å². The lowest BCUT2D eigenvalue weighted by atomic mass is 9.85. The first kappa shape index (κ1) is 15.0. The Kier molecular flexibility index (Phi) is 4.43. The number of nitrogens with zero attached hydrogens (tertiary/aromatic N) is 1. The van der Waals surface area contributed by atoms with E-state index in [1.807, 2.05) is 24.3 Å². The SMILES string of the molecule is CC(C)C(Cn1c(=S)[nH]c2ccccc2c1=O)C(C)C. The maximum atomic E-state index is 12.6. The fraction of sp³-hybridized carbons (Fsp3) is 0.500. The highest BCUT2D eigenvalue weighted by molar-refractivity contribution is 7.71. The first-order chi connectivity index (χ1) is 9.41. The summed E-state index contributed by atoms with van der Waals surface area (Å²) in [4.78, 5) is 15.8. The van der Waals surface area contributed by atoms with E-state index in [0.717, 1.165) is 5.52 Å². The van der Waals surface area contributed by atoms with Gasteiger partial charge in [-0.05, 0) is 42.1 Å². The summed E-state index contributed by atoms with van der Waals surface area (Å²) in [7, 11) is 0. The number of hydrogen-bond acceptors (Lipinski definition) is 2. The fourth-order valence-electron chi connectivity index (χ4n) is 2.77. The number of hydrogen-bond donors (Lipinski definition) is 1. The smallest absolute Gasteiger partial charge is 0.262 e. The number of aromatic amines is 1. The van der Waals surface area contributed by atoms with Crippen LogP contribution in [0, 0.1) is 22.5 Å². The first-order valence-electron chi connectivity index (χ1n) is 7.13. The summed E-state index contributed by atoms with van der Waals surface area (Å²) in [6.07, 6.45) is 0. The summed E-state index contributed by atoms with van der Waals surface area (Å²) in [5, 5.41) is 0.701. The number of nitrogens with one attached hydrogen (secondary N) is 1. The molecular formula is C16H22N2OS. The summed E-state index contributed by atoms with van der Waals surface area (Å²) >= 11 is 5.37. The molecule has 0 spiro atoms. The summed E-state index contributed by atoms with van der Waals surface area (Å²) < 4.78 is 2.22. The van der Waals surface area contributed by atoms with E-state index in [0.29, 0.717) is 34.5 Å². The van der Waals surface area contributed by atoms with Gasteiger partial charge in [-0.15, -0.1) is 0 Å². The largest absolute Gasteiger partial charge is 0.332 e. The van der Waals surface area contributed by atoms with E-state index < -0.39 is 0 Å². The van der Waals surface area contributed by atoms with Gasteiger partial charge >= 0.3 is 0 Å². The number of H-pyrrole nitrogens is 1. The molecule has 2 rings (SSSR count). The van der Waals surface area contributed by atoms with Crippen molar-refractivity contribution in [2.45, 2.75) is 34.2 Å². The van der Waals surface area contributed by atoms with Gasteiger partial charge in [0.25, 0.3) is 5.56 Å². The van der Waals surface area contributed by atoms with Crippen LogP contribution in [0.1, 0.15) is 27.7 Å². The minimum atomic E-state index is 0.00986. The van der Waals surface area contributed by atoms with Crippen LogP contribution in [0.4, 0.5) is 0 Å². The molecule has 4 heteroatoms. The molecule has 0 aliphatic heterocycles. The number of benzene rings is 1. The van der Waals surface area contributed by atoms with Crippen LogP contribution in [0.3, 0.4) is 0 Å². The van der Waals surface area contributed by atoms with Gasteiger partial charge in [-0.3, -0.25) is 9.36 Å². The average molecular weight is 290 g/mol. The van der Waals surface area contributed by atoms with Gasteiger partial charge in [0.1, 0.15) is 0 Å². The minimum absolute atomic E-state index is 0.00986. The Balaban J connectivity index is 2.55. The number of aromatic nitrogens is 2. The Morgan fingerprint density at radius 2 is 1.75 bits per heavy atom. The Morgan fingerprint density at radius 1 is 1.15 bits per heavy atom. The maximum Gasteiger partial charge on any atom is 0.262 e. The molecule has 3 nitrogen and oxygen atoms in total. The highest BCUT2D eigenvalue weighted by Gasteiger charge is 2.19. The molecule has 0 unspecified atom stereocenters. The van der Waals surface area contributed by atoms with Crippen LogP contribution >= 0.6 is 12.2 Å². The molecule has 1 N–H and O–H groups in total. The Morgan fingerprint density at radius 3 is 2.35 bits per heavy atom. The number of para-hydroxylation sites is 1. The second-order valence-corrected chi connectivity index (χ2v) is 6.43. The summed E-state index contributed by atoms with van der Waals surface area (Å²) in [6.45, 7) is 9.47. The molecule has 108 valence electrons. The molecular weight excluding hydrogens is 268 g/mol. The molecule has 1 heterocycles. The number of rotatable bonds is 4. The van der Waals surface area contributed by atoms with Crippen molar-refractivity contribution >= 4 is 23.1 Å². The zero-order valence-corrected chi connectivity index (χ0v) is 13.3. The molecule has 1 aromatic heterocycles. The van der Waals surface area contributed by atoms with Gasteiger partial charge in [0.2, 0.25) is 0 Å². The molecule has 0 fully saturated rings. The summed E-state index contributed by atoms with van der Waals surface area (Å²) in [5.41, 5.74) is 0.819. The zero-order chi connectivity index (χ0) is 14.9. The van der Waals surface area contributed by atoms with Crippen LogP contribution in [0.15, 0.2) is 29.1 Å². The minimum Gasteiger partial charge on any atom is -0.332 e. The number of fused-ring (bicyclic) bond motifs is 1. The highest BCUT2D eigenvalue weighted by Crippen LogP contribution is 2.22. The topological polar surface area (TPSA) is 37.8 Å². The van der Waals surface area contributed by atoms with Gasteiger partial charge in [-0.2, -0.15) is 0 Å². The molecule has 1 aromatic carbocycles. The quantitative estimate of drug-likeness (QED) is 0.865. The molecule has 0 aliphatic carbocycles. The molecule has 0 atom stereocenters. The second-order valence-electron chi connectivity index (χ2n) is 6.04. The molecule has 0 amide bonds. The summed E-state index contributed by atoms with van der Waals surface area (Å²) in [5.74, 6) is 1.47. The lowest BCUT2D eigenvalue weighted by Crippen LogP contribution is -2.30. The van der Waals surface area contributed by atoms with Crippen molar-refractivity contribution < 1.29 is 0 Å². The van der Waals surface area contributed by atoms with Crippen LogP contribution in [0.2, 0.25) is 0 Å². The molecule has 0 radical (unpaired) electrons. The van der Waals surface area contributed by atoms with Gasteiger partial charge in [-0.25, -0.2) is 0 Å². The van der Waals surface area contributed by atoms with Gasteiger partial charge in [-0.1, -0.05) is 39.8 Å². The van der Waals surface area contributed by atoms with Gasteiger partial charge in [0.15, 0.2) is 4.77 Å². The van der Waals surface area contributed by atoms with Gasteiger partial charge in [0, 0.05) is 6.54 Å². The van der Waals surface area contributed by atoms with Crippen LogP contribution < -0.4 is 5.56 Å². The standard InChI is InChI=1S/C16H22N2OS/c1-10(2)13(11(3)4)9-18-15(19)12-7-5-6-8-14(12)17-16(18)20/h5-8,10-11,13H,9H2,1-4H3,(H,17,20). The van der Waals surface area contributed by atoms with Crippen molar-refractivity contribution in [2.75, 3.05) is 0 Å². The summed E-state index contributed by atoms with van der Waals surface area (Å²) in [6, 6.07) is 7.52. The molecule has 2 aromatic rings. The van der Waals surface area contributed by atoms with Crippen molar-refractivity contribution in [1.29, 1.82) is 0 Å². The van der Waals surface area contributed by atoms with E-state index in [9.17, 15) is 4.79 Å². The zero-order valence-electron chi connectivity index (χ0n) is 12.5. The third kappa shape index (κ3) is 2.85. The predicted molar refractivity (Wildman–Crippen MR) is 86.6 cm³/mol. The fourth-order valence-corrected chi connectivity index (χ4v) is 3.03. The van der Waals surface area contributed by atoms with Gasteiger partial charge < -0.3 is 4.98 Å². The van der Waals surface area contributed by atoms with E-state index >= 15 is 0 Å². The Labute approximate surface area is 124 Å². The molecule has 0 bridgehead atoms. The Bertz CT molecular complexity index is 704. The molecule has 0 saturated heterocycles. The van der Waals surface area contributed by atoms with Crippen molar-refractivity contribution in [3.05, 3.63) is 39.4 Å². The first-order valence-corrected chi connectivity index (χ1v) is 7.54. The van der Waals surface area contributed by atoms with Crippen LogP contribution in [-0.4, -0.2) is 9.55 Å². The van der Waals surface area contributed by atoms with Crippen LogP contribution in [-0.2, 0) is 6.54 Å². The third-order valence-corrected chi connectivity index (χ3v) is 4.32. The predicted octanol–water partition coefficient (Wildman–Crippen LogP) is 3.99. The Hall–Kier alpha value is -1.42. The van der Waals surface area contributed by atoms with Gasteiger partial charge in [0.05, 0.1) is 10.9 Å². The third-order valence-electron chi connectivity index (χ3n) is 4.00. The van der Waals surface area contributed by atoms with Crippen molar-refractivity contribution in [2.24, 2.45) is 17.8 Å². The molecule has 0 saturated carbocycles. The van der Waals surface area contributed by atoms with E-state index in [1.165, 1.54) is 0 Å². The van der Waals surface area contributed by atoms with Crippen LogP contribution in [0.5, 0.6) is 0 Å².